The van der Waals surface area contributed by atoms with Gasteiger partial charge in [-0.05, 0) is 50.5 Å². The second kappa shape index (κ2) is 11.9. The lowest BCUT2D eigenvalue weighted by Gasteiger charge is -2.15. The molecule has 2 rings (SSSR count). The van der Waals surface area contributed by atoms with Crippen molar-refractivity contribution in [2.75, 3.05) is 13.2 Å². The molecule has 2 aromatic rings. The first kappa shape index (κ1) is 22.5. The molecule has 1 heterocycles. The van der Waals surface area contributed by atoms with Crippen LogP contribution in [-0.4, -0.2) is 30.0 Å². The van der Waals surface area contributed by atoms with Crippen LogP contribution in [0.5, 0.6) is 0 Å². The maximum absolute atomic E-state index is 12.3. The summed E-state index contributed by atoms with van der Waals surface area (Å²) in [7, 11) is 0. The molecule has 29 heavy (non-hydrogen) atoms. The molecule has 0 aliphatic carbocycles. The van der Waals surface area contributed by atoms with Crippen LogP contribution in [0.1, 0.15) is 74.8 Å². The van der Waals surface area contributed by atoms with Crippen molar-refractivity contribution < 1.29 is 14.3 Å². The van der Waals surface area contributed by atoms with Gasteiger partial charge in [-0.2, -0.15) is 5.26 Å². The summed E-state index contributed by atoms with van der Waals surface area (Å²) in [6.07, 6.45) is 6.63. The lowest BCUT2D eigenvalue weighted by atomic mass is 9.95. The number of esters is 1. The van der Waals surface area contributed by atoms with E-state index in [0.717, 1.165) is 55.8 Å². The minimum atomic E-state index is -0.146. The van der Waals surface area contributed by atoms with E-state index < -0.39 is 0 Å². The Morgan fingerprint density at radius 1 is 1.14 bits per heavy atom. The van der Waals surface area contributed by atoms with E-state index in [-0.39, 0.29) is 17.8 Å². The van der Waals surface area contributed by atoms with E-state index >= 15 is 0 Å². The number of nitrogens with zero attached hydrogens (tertiary/aromatic N) is 1. The summed E-state index contributed by atoms with van der Waals surface area (Å²) in [5.74, 6) is -0.228. The molecule has 0 saturated carbocycles. The molecule has 1 unspecified atom stereocenters. The Bertz CT molecular complexity index is 851. The van der Waals surface area contributed by atoms with Crippen molar-refractivity contribution in [2.24, 2.45) is 5.92 Å². The monoisotopic (exact) mass is 397 g/mol. The lowest BCUT2D eigenvalue weighted by molar-refractivity contribution is -0.148. The van der Waals surface area contributed by atoms with Gasteiger partial charge in [-0.3, -0.25) is 9.59 Å². The number of aromatic nitrogens is 1. The van der Waals surface area contributed by atoms with Crippen molar-refractivity contribution in [3.63, 3.8) is 0 Å². The van der Waals surface area contributed by atoms with Gasteiger partial charge in [-0.15, -0.1) is 0 Å². The number of hydrogen-bond acceptors (Lipinski definition) is 4. The Kier molecular flexibility index (Phi) is 9.23. The van der Waals surface area contributed by atoms with Crippen LogP contribution in [0.15, 0.2) is 24.3 Å². The number of H-pyrrole nitrogens is 1. The Labute approximate surface area is 172 Å². The molecule has 0 saturated heterocycles. The average molecular weight is 398 g/mol. The largest absolute Gasteiger partial charge is 0.466 e. The van der Waals surface area contributed by atoms with Gasteiger partial charge in [-0.1, -0.05) is 32.6 Å². The smallest absolute Gasteiger partial charge is 0.308 e. The number of fused-ring (bicyclic) bond motifs is 1. The van der Waals surface area contributed by atoms with Gasteiger partial charge in [0.1, 0.15) is 5.69 Å². The van der Waals surface area contributed by atoms with Gasteiger partial charge in [0.2, 0.25) is 0 Å². The Morgan fingerprint density at radius 2 is 1.93 bits per heavy atom. The molecule has 1 amide bonds. The number of benzene rings is 1. The zero-order chi connectivity index (χ0) is 21.1. The maximum atomic E-state index is 12.3. The van der Waals surface area contributed by atoms with Gasteiger partial charge < -0.3 is 15.0 Å². The fraction of sp³-hybridized carbons (Fsp3) is 0.522. The summed E-state index contributed by atoms with van der Waals surface area (Å²) in [5, 5.41) is 12.7. The van der Waals surface area contributed by atoms with Gasteiger partial charge in [0, 0.05) is 17.4 Å². The molecule has 6 nitrogen and oxygen atoms in total. The molecule has 6 heteroatoms. The van der Waals surface area contributed by atoms with Crippen LogP contribution < -0.4 is 5.32 Å². The van der Waals surface area contributed by atoms with E-state index in [9.17, 15) is 9.59 Å². The van der Waals surface area contributed by atoms with E-state index in [1.165, 1.54) is 0 Å². The van der Waals surface area contributed by atoms with E-state index in [1.54, 1.807) is 18.2 Å². The third-order valence-corrected chi connectivity index (χ3v) is 5.04. The van der Waals surface area contributed by atoms with Crippen LogP contribution in [0.2, 0.25) is 0 Å². The van der Waals surface area contributed by atoms with E-state index in [4.69, 9.17) is 10.00 Å². The Balaban J connectivity index is 1.72. The van der Waals surface area contributed by atoms with Crippen LogP contribution in [0.4, 0.5) is 0 Å². The third kappa shape index (κ3) is 6.94. The molecule has 0 fully saturated rings. The highest BCUT2D eigenvalue weighted by Crippen LogP contribution is 2.19. The van der Waals surface area contributed by atoms with Crippen LogP contribution in [-0.2, 0) is 9.53 Å². The highest BCUT2D eigenvalue weighted by Gasteiger charge is 2.18. The first-order valence-corrected chi connectivity index (χ1v) is 10.6. The number of ether oxygens (including phenoxy) is 1. The summed E-state index contributed by atoms with van der Waals surface area (Å²) >= 11 is 0. The molecule has 0 aliphatic rings. The average Bonchev–Trinajstić information content (AvgIpc) is 3.16. The number of nitrogens with one attached hydrogen (secondary N) is 2. The van der Waals surface area contributed by atoms with Gasteiger partial charge in [0.25, 0.3) is 5.91 Å². The lowest BCUT2D eigenvalue weighted by Crippen LogP contribution is -2.24. The molecule has 1 aromatic heterocycles. The molecular formula is C23H31N3O3. The quantitative estimate of drug-likeness (QED) is 0.401. The summed E-state index contributed by atoms with van der Waals surface area (Å²) in [6.45, 7) is 4.99. The number of aromatic amines is 1. The Morgan fingerprint density at radius 3 is 2.66 bits per heavy atom. The first-order chi connectivity index (χ1) is 14.1. The molecule has 1 aromatic carbocycles. The highest BCUT2D eigenvalue weighted by atomic mass is 16.5. The van der Waals surface area contributed by atoms with Gasteiger partial charge in [0.05, 0.1) is 24.2 Å². The zero-order valence-electron chi connectivity index (χ0n) is 17.4. The second-order valence-corrected chi connectivity index (χ2v) is 7.29. The van der Waals surface area contributed by atoms with Crippen molar-refractivity contribution in [1.82, 2.24) is 10.3 Å². The fourth-order valence-corrected chi connectivity index (χ4v) is 3.40. The van der Waals surface area contributed by atoms with Crippen molar-refractivity contribution >= 4 is 22.8 Å². The van der Waals surface area contributed by atoms with Gasteiger partial charge in [0.15, 0.2) is 0 Å². The molecule has 2 N–H and O–H groups in total. The van der Waals surface area contributed by atoms with Crippen molar-refractivity contribution in [1.29, 1.82) is 5.26 Å². The first-order valence-electron chi connectivity index (χ1n) is 10.6. The minimum absolute atomic E-state index is 0.00542. The molecular weight excluding hydrogens is 366 g/mol. The van der Waals surface area contributed by atoms with E-state index in [2.05, 4.69) is 23.3 Å². The van der Waals surface area contributed by atoms with Crippen LogP contribution in [0, 0.1) is 17.2 Å². The van der Waals surface area contributed by atoms with Crippen LogP contribution in [0.25, 0.3) is 10.9 Å². The summed E-state index contributed by atoms with van der Waals surface area (Å²) in [6, 6.07) is 9.17. The number of hydrogen-bond donors (Lipinski definition) is 2. The molecule has 1 atom stereocenters. The summed E-state index contributed by atoms with van der Waals surface area (Å²) in [4.78, 5) is 27.4. The minimum Gasteiger partial charge on any atom is -0.466 e. The number of carbonyl (C=O) groups is 2. The second-order valence-electron chi connectivity index (χ2n) is 7.29. The number of amides is 1. The third-order valence-electron chi connectivity index (χ3n) is 5.04. The molecule has 156 valence electrons. The van der Waals surface area contributed by atoms with Gasteiger partial charge >= 0.3 is 5.97 Å². The number of unbranched alkanes of at least 4 members (excludes halogenated alkanes) is 3. The number of nitriles is 1. The maximum Gasteiger partial charge on any atom is 0.308 e. The van der Waals surface area contributed by atoms with E-state index in [1.807, 2.05) is 13.0 Å². The predicted octanol–water partition coefficient (Wildman–Crippen LogP) is 4.70. The number of carbonyl (C=O) groups excluding carboxylic acids is 2. The standard InChI is InChI=1S/C23H31N3O3/c1-3-5-9-18(23(28)29-4-2)10-7-6-8-13-25-22(27)21-15-19-14-17(16-24)11-12-20(19)26-21/h11-12,14-15,18,26H,3-10,13H2,1-2H3,(H,25,27). The fourth-order valence-electron chi connectivity index (χ4n) is 3.40. The van der Waals surface area contributed by atoms with Gasteiger partial charge in [-0.25, -0.2) is 0 Å². The summed E-state index contributed by atoms with van der Waals surface area (Å²) in [5.41, 5.74) is 1.91. The number of rotatable bonds is 12. The summed E-state index contributed by atoms with van der Waals surface area (Å²) < 4.78 is 5.18. The van der Waals surface area contributed by atoms with Crippen molar-refractivity contribution in [3.05, 3.63) is 35.5 Å². The van der Waals surface area contributed by atoms with E-state index in [0.29, 0.717) is 24.4 Å². The molecule has 0 aliphatic heterocycles. The van der Waals surface area contributed by atoms with Crippen molar-refractivity contribution in [3.8, 4) is 6.07 Å². The topological polar surface area (TPSA) is 95.0 Å². The normalized spacial score (nSPS) is 11.8. The predicted molar refractivity (Wildman–Crippen MR) is 113 cm³/mol. The molecule has 0 radical (unpaired) electrons. The zero-order valence-corrected chi connectivity index (χ0v) is 17.4. The SMILES string of the molecule is CCCCC(CCCCCNC(=O)c1cc2cc(C#N)ccc2[nH]1)C(=O)OCC. The molecule has 0 bridgehead atoms. The van der Waals surface area contributed by atoms with Crippen molar-refractivity contribution in [2.45, 2.75) is 58.8 Å². The van der Waals surface area contributed by atoms with Crippen LogP contribution in [0.3, 0.4) is 0 Å². The van der Waals surface area contributed by atoms with Crippen LogP contribution >= 0.6 is 0 Å². The molecule has 0 spiro atoms. The Hall–Kier alpha value is -2.81. The highest BCUT2D eigenvalue weighted by molar-refractivity contribution is 5.98.